The molecule has 2 N–H and O–H groups in total. The number of hydrogen-bond donors (Lipinski definition) is 2. The number of anilines is 2. The van der Waals surface area contributed by atoms with Crippen LogP contribution < -0.4 is 15.1 Å². The Morgan fingerprint density at radius 2 is 1.59 bits per heavy atom. The minimum absolute atomic E-state index is 0.0709. The molecule has 0 saturated carbocycles. The number of carboxylic acids is 1. The Bertz CT molecular complexity index is 909. The first-order chi connectivity index (χ1) is 15.0. The normalized spacial score (nSPS) is 14.0. The molecule has 174 valence electrons. The molecule has 2 heterocycles. The average Bonchev–Trinajstić information content (AvgIpc) is 2.74. The molecule has 3 rings (SSSR count). The number of halogens is 3. The van der Waals surface area contributed by atoms with Crippen molar-refractivity contribution in [2.24, 2.45) is 0 Å². The molecule has 0 spiro atoms. The van der Waals surface area contributed by atoms with E-state index in [9.17, 15) is 18.0 Å². The number of rotatable bonds is 4. The standard InChI is InChI=1S/C20H26N4O.C2HF3O2/c1-15(2)22-20(25)17-8-9-19(21-14-17)24-12-10-23(11-13-24)18-7-5-4-6-16(18)3;3-2(4,5)1(6)7/h4-9,14-15H,10-13H2,1-3H3,(H,22,25);(H,6,7). The van der Waals surface area contributed by atoms with Crippen LogP contribution in [0.5, 0.6) is 0 Å². The minimum atomic E-state index is -5.08. The summed E-state index contributed by atoms with van der Waals surface area (Å²) in [5.41, 5.74) is 3.24. The van der Waals surface area contributed by atoms with E-state index in [0.717, 1.165) is 32.0 Å². The number of aryl methyl sites for hydroxylation is 1. The van der Waals surface area contributed by atoms with Crippen molar-refractivity contribution in [1.29, 1.82) is 0 Å². The second-order valence-electron chi connectivity index (χ2n) is 7.60. The number of carbonyl (C=O) groups is 2. The van der Waals surface area contributed by atoms with Crippen molar-refractivity contribution in [3.8, 4) is 0 Å². The molecule has 1 saturated heterocycles. The molecular formula is C22H27F3N4O3. The fourth-order valence-corrected chi connectivity index (χ4v) is 3.15. The van der Waals surface area contributed by atoms with Gasteiger partial charge in [0.1, 0.15) is 5.82 Å². The zero-order valence-electron chi connectivity index (χ0n) is 18.2. The molecule has 0 bridgehead atoms. The van der Waals surface area contributed by atoms with E-state index in [0.29, 0.717) is 5.56 Å². The number of aliphatic carboxylic acids is 1. The van der Waals surface area contributed by atoms with Crippen molar-refractivity contribution >= 4 is 23.4 Å². The summed E-state index contributed by atoms with van der Waals surface area (Å²) in [4.78, 5) is 30.1. The lowest BCUT2D eigenvalue weighted by Gasteiger charge is -2.37. The Hall–Kier alpha value is -3.30. The number of pyridine rings is 1. The van der Waals surface area contributed by atoms with Gasteiger partial charge in [0.05, 0.1) is 5.56 Å². The van der Waals surface area contributed by atoms with Crippen molar-refractivity contribution in [3.63, 3.8) is 0 Å². The first-order valence-electron chi connectivity index (χ1n) is 10.1. The zero-order chi connectivity index (χ0) is 23.9. The summed E-state index contributed by atoms with van der Waals surface area (Å²) in [6.45, 7) is 9.87. The number of nitrogens with zero attached hydrogens (tertiary/aromatic N) is 3. The van der Waals surface area contributed by atoms with Crippen molar-refractivity contribution in [1.82, 2.24) is 10.3 Å². The monoisotopic (exact) mass is 452 g/mol. The Morgan fingerprint density at radius 3 is 2.06 bits per heavy atom. The highest BCUT2D eigenvalue weighted by atomic mass is 19.4. The number of aromatic nitrogens is 1. The smallest absolute Gasteiger partial charge is 0.475 e. The van der Waals surface area contributed by atoms with Crippen LogP contribution in [0.25, 0.3) is 0 Å². The van der Waals surface area contributed by atoms with Gasteiger partial charge in [-0.2, -0.15) is 13.2 Å². The first-order valence-corrected chi connectivity index (χ1v) is 10.1. The van der Waals surface area contributed by atoms with Gasteiger partial charge in [0.25, 0.3) is 5.91 Å². The molecule has 1 aromatic carbocycles. The number of carboxylic acid groups (broad SMARTS) is 1. The predicted molar refractivity (Wildman–Crippen MR) is 116 cm³/mol. The van der Waals surface area contributed by atoms with Crippen LogP contribution >= 0.6 is 0 Å². The summed E-state index contributed by atoms with van der Waals surface area (Å²) in [6, 6.07) is 12.4. The molecule has 0 atom stereocenters. The summed E-state index contributed by atoms with van der Waals surface area (Å²) in [7, 11) is 0. The lowest BCUT2D eigenvalue weighted by atomic mass is 10.1. The molecule has 0 aliphatic carbocycles. The van der Waals surface area contributed by atoms with Crippen LogP contribution in [-0.2, 0) is 4.79 Å². The number of piperazine rings is 1. The van der Waals surface area contributed by atoms with Crippen LogP contribution in [-0.4, -0.2) is 60.4 Å². The molecular weight excluding hydrogens is 425 g/mol. The van der Waals surface area contributed by atoms with E-state index in [1.165, 1.54) is 11.3 Å². The van der Waals surface area contributed by atoms with Gasteiger partial charge in [-0.3, -0.25) is 4.79 Å². The molecule has 1 aliphatic rings. The predicted octanol–water partition coefficient (Wildman–Crippen LogP) is 3.49. The second kappa shape index (κ2) is 10.8. The Kier molecular flexibility index (Phi) is 8.45. The van der Waals surface area contributed by atoms with Crippen LogP contribution in [0.15, 0.2) is 42.6 Å². The lowest BCUT2D eigenvalue weighted by molar-refractivity contribution is -0.192. The van der Waals surface area contributed by atoms with E-state index in [2.05, 4.69) is 51.3 Å². The van der Waals surface area contributed by atoms with E-state index in [4.69, 9.17) is 9.90 Å². The van der Waals surface area contributed by atoms with E-state index in [-0.39, 0.29) is 11.9 Å². The molecule has 1 amide bonds. The van der Waals surface area contributed by atoms with Crippen LogP contribution in [0.4, 0.5) is 24.7 Å². The summed E-state index contributed by atoms with van der Waals surface area (Å²) in [5, 5.41) is 10.0. The third-order valence-electron chi connectivity index (χ3n) is 4.73. The Labute approximate surface area is 184 Å². The minimum Gasteiger partial charge on any atom is -0.475 e. The molecule has 1 aromatic heterocycles. The molecule has 0 radical (unpaired) electrons. The third-order valence-corrected chi connectivity index (χ3v) is 4.73. The fraction of sp³-hybridized carbons (Fsp3) is 0.409. The quantitative estimate of drug-likeness (QED) is 0.739. The maximum atomic E-state index is 12.0. The summed E-state index contributed by atoms with van der Waals surface area (Å²) >= 11 is 0. The number of amides is 1. The summed E-state index contributed by atoms with van der Waals surface area (Å²) in [5.74, 6) is -1.89. The van der Waals surface area contributed by atoms with Gasteiger partial charge in [0.2, 0.25) is 0 Å². The van der Waals surface area contributed by atoms with Gasteiger partial charge >= 0.3 is 12.1 Å². The SMILES string of the molecule is Cc1ccccc1N1CCN(c2ccc(C(=O)NC(C)C)cn2)CC1.O=C(O)C(F)(F)F. The van der Waals surface area contributed by atoms with Crippen molar-refractivity contribution in [2.45, 2.75) is 33.0 Å². The largest absolute Gasteiger partial charge is 0.490 e. The van der Waals surface area contributed by atoms with Gasteiger partial charge in [-0.25, -0.2) is 9.78 Å². The van der Waals surface area contributed by atoms with E-state index in [1.807, 2.05) is 26.0 Å². The van der Waals surface area contributed by atoms with E-state index >= 15 is 0 Å². The van der Waals surface area contributed by atoms with E-state index < -0.39 is 12.1 Å². The fourth-order valence-electron chi connectivity index (χ4n) is 3.15. The molecule has 2 aromatic rings. The van der Waals surface area contributed by atoms with Crippen LogP contribution in [0, 0.1) is 6.92 Å². The lowest BCUT2D eigenvalue weighted by Crippen LogP contribution is -2.47. The van der Waals surface area contributed by atoms with Crippen LogP contribution in [0.1, 0.15) is 29.8 Å². The highest BCUT2D eigenvalue weighted by molar-refractivity contribution is 5.94. The van der Waals surface area contributed by atoms with Gasteiger partial charge in [0, 0.05) is 44.1 Å². The molecule has 1 fully saturated rings. The number of hydrogen-bond acceptors (Lipinski definition) is 5. The van der Waals surface area contributed by atoms with Crippen molar-refractivity contribution in [2.75, 3.05) is 36.0 Å². The molecule has 1 aliphatic heterocycles. The van der Waals surface area contributed by atoms with Gasteiger partial charge in [-0.15, -0.1) is 0 Å². The Balaban J connectivity index is 0.000000451. The van der Waals surface area contributed by atoms with Gasteiger partial charge in [0.15, 0.2) is 0 Å². The second-order valence-corrected chi connectivity index (χ2v) is 7.60. The maximum absolute atomic E-state index is 12.0. The molecule has 0 unspecified atom stereocenters. The van der Waals surface area contributed by atoms with Crippen molar-refractivity contribution in [3.05, 3.63) is 53.7 Å². The number of carbonyl (C=O) groups excluding carboxylic acids is 1. The van der Waals surface area contributed by atoms with Crippen LogP contribution in [0.3, 0.4) is 0 Å². The van der Waals surface area contributed by atoms with Crippen LogP contribution in [0.2, 0.25) is 0 Å². The first kappa shape index (κ1) is 25.0. The third kappa shape index (κ3) is 7.14. The van der Waals surface area contributed by atoms with Gasteiger partial charge < -0.3 is 20.2 Å². The summed E-state index contributed by atoms with van der Waals surface area (Å²) < 4.78 is 31.7. The number of alkyl halides is 3. The molecule has 10 heteroatoms. The topological polar surface area (TPSA) is 85.8 Å². The number of para-hydroxylation sites is 1. The summed E-state index contributed by atoms with van der Waals surface area (Å²) in [6.07, 6.45) is -3.42. The van der Waals surface area contributed by atoms with E-state index in [1.54, 1.807) is 6.20 Å². The zero-order valence-corrected chi connectivity index (χ0v) is 18.2. The maximum Gasteiger partial charge on any atom is 0.490 e. The number of benzene rings is 1. The highest BCUT2D eigenvalue weighted by Gasteiger charge is 2.38. The average molecular weight is 452 g/mol. The number of nitrogens with one attached hydrogen (secondary N) is 1. The highest BCUT2D eigenvalue weighted by Crippen LogP contribution is 2.22. The molecule has 7 nitrogen and oxygen atoms in total. The molecule has 32 heavy (non-hydrogen) atoms. The van der Waals surface area contributed by atoms with Gasteiger partial charge in [-0.05, 0) is 44.5 Å². The van der Waals surface area contributed by atoms with Crippen molar-refractivity contribution < 1.29 is 27.9 Å². The Morgan fingerprint density at radius 1 is 1.03 bits per heavy atom. The van der Waals surface area contributed by atoms with Gasteiger partial charge in [-0.1, -0.05) is 18.2 Å².